The molecule has 2 unspecified atom stereocenters. The van der Waals surface area contributed by atoms with E-state index < -0.39 is 0 Å². The fourth-order valence-corrected chi connectivity index (χ4v) is 3.93. The Hall–Kier alpha value is -1.64. The van der Waals surface area contributed by atoms with E-state index in [4.69, 9.17) is 0 Å². The van der Waals surface area contributed by atoms with Gasteiger partial charge in [-0.15, -0.1) is 0 Å². The molecule has 1 amide bonds. The average Bonchev–Trinajstić information content (AvgIpc) is 2.47. The van der Waals surface area contributed by atoms with Crippen LogP contribution in [0.25, 0.3) is 0 Å². The Bertz CT molecular complexity index is 509. The summed E-state index contributed by atoms with van der Waals surface area (Å²) in [6.45, 7) is 0.652. The Balaban J connectivity index is 1.64. The molecule has 2 aliphatic carbocycles. The SMILES string of the molecule is CN(Cc1ccccc1)C(=O)C1CC2CCCC(C1)C2=O. The van der Waals surface area contributed by atoms with Crippen LogP contribution in [0.4, 0.5) is 0 Å². The highest BCUT2D eigenvalue weighted by atomic mass is 16.2. The lowest BCUT2D eigenvalue weighted by Crippen LogP contribution is -2.42. The predicted molar refractivity (Wildman–Crippen MR) is 81.5 cm³/mol. The monoisotopic (exact) mass is 285 g/mol. The first-order chi connectivity index (χ1) is 10.1. The maximum absolute atomic E-state index is 12.7. The van der Waals surface area contributed by atoms with Crippen molar-refractivity contribution in [2.75, 3.05) is 7.05 Å². The van der Waals surface area contributed by atoms with Crippen LogP contribution in [0.1, 0.15) is 37.7 Å². The van der Waals surface area contributed by atoms with Crippen LogP contribution in [0.15, 0.2) is 30.3 Å². The van der Waals surface area contributed by atoms with Crippen molar-refractivity contribution in [3.63, 3.8) is 0 Å². The maximum Gasteiger partial charge on any atom is 0.225 e. The van der Waals surface area contributed by atoms with Crippen molar-refractivity contribution in [2.24, 2.45) is 17.8 Å². The molecule has 2 aliphatic rings. The highest BCUT2D eigenvalue weighted by molar-refractivity contribution is 5.88. The summed E-state index contributed by atoms with van der Waals surface area (Å²) in [6, 6.07) is 10.1. The minimum absolute atomic E-state index is 0.0479. The second-order valence-corrected chi connectivity index (χ2v) is 6.58. The summed E-state index contributed by atoms with van der Waals surface area (Å²) in [7, 11) is 1.88. The number of rotatable bonds is 3. The summed E-state index contributed by atoms with van der Waals surface area (Å²) in [5.41, 5.74) is 1.15. The van der Waals surface area contributed by atoms with Gasteiger partial charge in [-0.25, -0.2) is 0 Å². The summed E-state index contributed by atoms with van der Waals surface area (Å²) in [5.74, 6) is 0.985. The highest BCUT2D eigenvalue weighted by Gasteiger charge is 2.41. The number of carbonyl (C=O) groups excluding carboxylic acids is 2. The first-order valence-corrected chi connectivity index (χ1v) is 7.98. The number of amides is 1. The first kappa shape index (κ1) is 14.3. The van der Waals surface area contributed by atoms with Gasteiger partial charge in [0, 0.05) is 31.3 Å². The van der Waals surface area contributed by atoms with Crippen molar-refractivity contribution in [3.05, 3.63) is 35.9 Å². The third kappa shape index (κ3) is 3.02. The van der Waals surface area contributed by atoms with Crippen LogP contribution in [-0.2, 0) is 16.1 Å². The van der Waals surface area contributed by atoms with Crippen LogP contribution in [0.5, 0.6) is 0 Å². The average molecular weight is 285 g/mol. The van der Waals surface area contributed by atoms with Crippen molar-refractivity contribution in [3.8, 4) is 0 Å². The van der Waals surface area contributed by atoms with E-state index in [1.54, 1.807) is 0 Å². The molecule has 1 aromatic carbocycles. The molecule has 2 bridgehead atoms. The molecule has 0 radical (unpaired) electrons. The summed E-state index contributed by atoms with van der Waals surface area (Å²) in [5, 5.41) is 0. The molecule has 3 rings (SSSR count). The molecule has 3 heteroatoms. The maximum atomic E-state index is 12.7. The molecular formula is C18H23NO2. The van der Waals surface area contributed by atoms with Crippen molar-refractivity contribution >= 4 is 11.7 Å². The second kappa shape index (κ2) is 6.00. The Morgan fingerprint density at radius 1 is 1.14 bits per heavy atom. The molecule has 0 N–H and O–H groups in total. The zero-order valence-corrected chi connectivity index (χ0v) is 12.6. The largest absolute Gasteiger partial charge is 0.341 e. The summed E-state index contributed by atoms with van der Waals surface area (Å²) in [4.78, 5) is 26.6. The number of hydrogen-bond acceptors (Lipinski definition) is 2. The predicted octanol–water partition coefficient (Wildman–Crippen LogP) is 3.04. The van der Waals surface area contributed by atoms with Gasteiger partial charge in [-0.05, 0) is 31.2 Å². The number of nitrogens with zero attached hydrogens (tertiary/aromatic N) is 1. The topological polar surface area (TPSA) is 37.4 Å². The Morgan fingerprint density at radius 2 is 1.76 bits per heavy atom. The highest BCUT2D eigenvalue weighted by Crippen LogP contribution is 2.40. The lowest BCUT2D eigenvalue weighted by molar-refractivity contribution is -0.142. The van der Waals surface area contributed by atoms with Gasteiger partial charge in [-0.3, -0.25) is 9.59 Å². The van der Waals surface area contributed by atoms with E-state index in [2.05, 4.69) is 0 Å². The van der Waals surface area contributed by atoms with Crippen LogP contribution < -0.4 is 0 Å². The van der Waals surface area contributed by atoms with E-state index in [9.17, 15) is 9.59 Å². The third-order valence-corrected chi connectivity index (χ3v) is 5.04. The van der Waals surface area contributed by atoms with E-state index in [-0.39, 0.29) is 23.7 Å². The standard InChI is InChI=1S/C18H23NO2/c1-19(12-13-6-3-2-4-7-13)18(21)16-10-14-8-5-9-15(11-16)17(14)20/h2-4,6-7,14-16H,5,8-12H2,1H3. The molecule has 2 fully saturated rings. The van der Waals surface area contributed by atoms with Gasteiger partial charge in [0.15, 0.2) is 0 Å². The van der Waals surface area contributed by atoms with Gasteiger partial charge in [0.05, 0.1) is 0 Å². The van der Waals surface area contributed by atoms with E-state index in [0.717, 1.165) is 37.7 Å². The number of ketones is 1. The van der Waals surface area contributed by atoms with Crippen LogP contribution in [0.2, 0.25) is 0 Å². The van der Waals surface area contributed by atoms with E-state index >= 15 is 0 Å². The van der Waals surface area contributed by atoms with E-state index in [1.165, 1.54) is 0 Å². The molecule has 2 atom stereocenters. The van der Waals surface area contributed by atoms with Gasteiger partial charge >= 0.3 is 0 Å². The van der Waals surface area contributed by atoms with E-state index in [0.29, 0.717) is 12.3 Å². The minimum atomic E-state index is 0.0479. The number of Topliss-reactive ketones (excluding diaryl/α,β-unsaturated/α-hetero) is 1. The molecule has 112 valence electrons. The smallest absolute Gasteiger partial charge is 0.225 e. The summed E-state index contributed by atoms with van der Waals surface area (Å²) < 4.78 is 0. The molecule has 2 saturated carbocycles. The molecular weight excluding hydrogens is 262 g/mol. The van der Waals surface area contributed by atoms with Gasteiger partial charge in [0.25, 0.3) is 0 Å². The quantitative estimate of drug-likeness (QED) is 0.856. The second-order valence-electron chi connectivity index (χ2n) is 6.58. The van der Waals surface area contributed by atoms with Gasteiger partial charge < -0.3 is 4.90 Å². The van der Waals surface area contributed by atoms with Crippen LogP contribution >= 0.6 is 0 Å². The van der Waals surface area contributed by atoms with Gasteiger partial charge in [-0.1, -0.05) is 36.8 Å². The van der Waals surface area contributed by atoms with Crippen molar-refractivity contribution in [1.29, 1.82) is 0 Å². The molecule has 0 aliphatic heterocycles. The third-order valence-electron chi connectivity index (χ3n) is 5.04. The fraction of sp³-hybridized carbons (Fsp3) is 0.556. The first-order valence-electron chi connectivity index (χ1n) is 7.98. The van der Waals surface area contributed by atoms with E-state index in [1.807, 2.05) is 42.3 Å². The van der Waals surface area contributed by atoms with Crippen molar-refractivity contribution in [1.82, 2.24) is 4.90 Å². The van der Waals surface area contributed by atoms with Crippen LogP contribution in [0.3, 0.4) is 0 Å². The Morgan fingerprint density at radius 3 is 2.38 bits per heavy atom. The normalized spacial score (nSPS) is 28.2. The minimum Gasteiger partial charge on any atom is -0.341 e. The Kier molecular flexibility index (Phi) is 4.09. The van der Waals surface area contributed by atoms with Gasteiger partial charge in [0.2, 0.25) is 5.91 Å². The number of hydrogen-bond donors (Lipinski definition) is 0. The van der Waals surface area contributed by atoms with Crippen molar-refractivity contribution < 1.29 is 9.59 Å². The number of benzene rings is 1. The van der Waals surface area contributed by atoms with Gasteiger partial charge in [0.1, 0.15) is 5.78 Å². The molecule has 0 aromatic heterocycles. The fourth-order valence-electron chi connectivity index (χ4n) is 3.93. The van der Waals surface area contributed by atoms with Gasteiger partial charge in [-0.2, -0.15) is 0 Å². The molecule has 3 nitrogen and oxygen atoms in total. The summed E-state index contributed by atoms with van der Waals surface area (Å²) in [6.07, 6.45) is 4.67. The zero-order valence-electron chi connectivity index (χ0n) is 12.6. The Labute approximate surface area is 126 Å². The zero-order chi connectivity index (χ0) is 14.8. The number of carbonyl (C=O) groups is 2. The van der Waals surface area contributed by atoms with Crippen LogP contribution in [0, 0.1) is 17.8 Å². The van der Waals surface area contributed by atoms with Crippen molar-refractivity contribution in [2.45, 2.75) is 38.6 Å². The number of fused-ring (bicyclic) bond motifs is 2. The summed E-state index contributed by atoms with van der Waals surface area (Å²) >= 11 is 0. The molecule has 0 heterocycles. The molecule has 21 heavy (non-hydrogen) atoms. The van der Waals surface area contributed by atoms with Crippen LogP contribution in [-0.4, -0.2) is 23.6 Å². The molecule has 0 spiro atoms. The molecule has 0 saturated heterocycles. The molecule has 1 aromatic rings. The lowest BCUT2D eigenvalue weighted by Gasteiger charge is -2.38. The lowest BCUT2D eigenvalue weighted by atomic mass is 9.67.